The fraction of sp³-hybridized carbons (Fsp3) is 0.444. The Kier molecular flexibility index (Phi) is 5.14. The molecule has 146 valence electrons. The smallest absolute Gasteiger partial charge is 0.449 e. The van der Waals surface area contributed by atoms with Crippen LogP contribution in [-0.2, 0) is 25.7 Å². The molecule has 1 aliphatic heterocycles. The average Bonchev–Trinajstić information content (AvgIpc) is 2.61. The molecule has 1 N–H and O–H groups in total. The molecule has 0 fully saturated rings. The molecule has 6 nitrogen and oxygen atoms in total. The molecular weight excluding hydrogens is 363 g/mol. The Hall–Kier alpha value is -2.55. The highest BCUT2D eigenvalue weighted by Crippen LogP contribution is 2.33. The van der Waals surface area contributed by atoms with Crippen LogP contribution in [0.1, 0.15) is 28.2 Å². The number of hydrogen-bond acceptors (Lipinski definition) is 5. The van der Waals surface area contributed by atoms with Crippen molar-refractivity contribution in [2.24, 2.45) is 0 Å². The summed E-state index contributed by atoms with van der Waals surface area (Å²) in [5, 5.41) is 0. The summed E-state index contributed by atoms with van der Waals surface area (Å²) in [6.45, 7) is 3.10. The highest BCUT2D eigenvalue weighted by atomic mass is 19.4. The molecule has 3 rings (SSSR count). The zero-order chi connectivity index (χ0) is 19.8. The number of nitrogens with zero attached hydrogens (tertiary/aromatic N) is 2. The number of aromatic amines is 1. The maximum Gasteiger partial charge on any atom is 0.449 e. The van der Waals surface area contributed by atoms with Crippen molar-refractivity contribution < 1.29 is 22.6 Å². The molecule has 0 atom stereocenters. The summed E-state index contributed by atoms with van der Waals surface area (Å²) in [7, 11) is 3.15. The number of rotatable bonds is 4. The lowest BCUT2D eigenvalue weighted by Crippen LogP contribution is -2.36. The van der Waals surface area contributed by atoms with Gasteiger partial charge in [-0.2, -0.15) is 13.2 Å². The topological polar surface area (TPSA) is 67.5 Å². The molecule has 9 heteroatoms. The van der Waals surface area contributed by atoms with E-state index < -0.39 is 17.6 Å². The second-order valence-electron chi connectivity index (χ2n) is 6.38. The lowest BCUT2D eigenvalue weighted by molar-refractivity contribution is -0.145. The molecule has 2 aromatic rings. The lowest BCUT2D eigenvalue weighted by atomic mass is 10.0. The normalized spacial score (nSPS) is 14.7. The summed E-state index contributed by atoms with van der Waals surface area (Å²) < 4.78 is 49.2. The predicted molar refractivity (Wildman–Crippen MR) is 92.0 cm³/mol. The first-order valence-electron chi connectivity index (χ1n) is 8.36. The van der Waals surface area contributed by atoms with Crippen LogP contribution in [0.5, 0.6) is 11.5 Å². The number of halogens is 3. The van der Waals surface area contributed by atoms with Crippen molar-refractivity contribution in [2.45, 2.75) is 32.6 Å². The zero-order valence-corrected chi connectivity index (χ0v) is 15.2. The monoisotopic (exact) mass is 383 g/mol. The van der Waals surface area contributed by atoms with E-state index in [2.05, 4.69) is 4.98 Å². The Balaban J connectivity index is 1.86. The van der Waals surface area contributed by atoms with Gasteiger partial charge in [-0.05, 0) is 13.0 Å². The van der Waals surface area contributed by atoms with Gasteiger partial charge in [0.1, 0.15) is 11.5 Å². The van der Waals surface area contributed by atoms with Crippen molar-refractivity contribution in [1.82, 2.24) is 14.9 Å². The van der Waals surface area contributed by atoms with Crippen LogP contribution in [0.15, 0.2) is 16.9 Å². The van der Waals surface area contributed by atoms with Gasteiger partial charge in [0.25, 0.3) is 5.56 Å². The summed E-state index contributed by atoms with van der Waals surface area (Å²) in [5.41, 5.74) is 1.52. The van der Waals surface area contributed by atoms with E-state index >= 15 is 0 Å². The number of alkyl halides is 3. The van der Waals surface area contributed by atoms with Gasteiger partial charge in [0.05, 0.1) is 25.5 Å². The third-order valence-corrected chi connectivity index (χ3v) is 4.67. The van der Waals surface area contributed by atoms with Gasteiger partial charge < -0.3 is 14.5 Å². The average molecular weight is 383 g/mol. The first-order valence-corrected chi connectivity index (χ1v) is 8.36. The highest BCUT2D eigenvalue weighted by molar-refractivity contribution is 5.49. The van der Waals surface area contributed by atoms with Crippen LogP contribution >= 0.6 is 0 Å². The standard InChI is InChI=1S/C18H20F3N3O3/c1-10-14(26-2)5-4-11(15(10)27-3)8-24-7-6-13-12(9-24)16(25)23-17(22-13)18(19,20)21/h4-5H,6-9H2,1-3H3,(H,22,23,25). The fourth-order valence-corrected chi connectivity index (χ4v) is 3.35. The van der Waals surface area contributed by atoms with Crippen molar-refractivity contribution in [3.05, 3.63) is 50.7 Å². The maximum atomic E-state index is 12.8. The molecule has 1 aromatic heterocycles. The van der Waals surface area contributed by atoms with E-state index in [4.69, 9.17) is 9.47 Å². The van der Waals surface area contributed by atoms with E-state index in [9.17, 15) is 18.0 Å². The van der Waals surface area contributed by atoms with Crippen LogP contribution in [0.4, 0.5) is 13.2 Å². The minimum Gasteiger partial charge on any atom is -0.496 e. The first-order chi connectivity index (χ1) is 12.7. The quantitative estimate of drug-likeness (QED) is 0.879. The molecule has 1 aliphatic rings. The summed E-state index contributed by atoms with van der Waals surface area (Å²) in [6.07, 6.45) is -4.39. The highest BCUT2D eigenvalue weighted by Gasteiger charge is 2.36. The number of H-pyrrole nitrogens is 1. The summed E-state index contributed by atoms with van der Waals surface area (Å²) >= 11 is 0. The van der Waals surface area contributed by atoms with Gasteiger partial charge in [-0.3, -0.25) is 9.69 Å². The SMILES string of the molecule is COc1ccc(CN2CCc3nc(C(F)(F)F)[nH]c(=O)c3C2)c(OC)c1C. The number of methoxy groups -OCH3 is 2. The van der Waals surface area contributed by atoms with Crippen molar-refractivity contribution in [1.29, 1.82) is 0 Å². The molecular formula is C18H20F3N3O3. The first kappa shape index (κ1) is 19.2. The Morgan fingerprint density at radius 3 is 2.63 bits per heavy atom. The van der Waals surface area contributed by atoms with E-state index in [1.165, 1.54) is 0 Å². The molecule has 1 aromatic carbocycles. The van der Waals surface area contributed by atoms with Gasteiger partial charge in [0.15, 0.2) is 0 Å². The van der Waals surface area contributed by atoms with Crippen LogP contribution in [0, 0.1) is 6.92 Å². The van der Waals surface area contributed by atoms with Gasteiger partial charge in [-0.15, -0.1) is 0 Å². The second-order valence-corrected chi connectivity index (χ2v) is 6.38. The van der Waals surface area contributed by atoms with Crippen LogP contribution in [0.3, 0.4) is 0 Å². The van der Waals surface area contributed by atoms with Crippen LogP contribution < -0.4 is 15.0 Å². The van der Waals surface area contributed by atoms with Gasteiger partial charge in [-0.25, -0.2) is 4.98 Å². The minimum atomic E-state index is -4.67. The van der Waals surface area contributed by atoms with E-state index in [0.717, 1.165) is 11.1 Å². The molecule has 27 heavy (non-hydrogen) atoms. The molecule has 0 bridgehead atoms. The van der Waals surface area contributed by atoms with E-state index in [-0.39, 0.29) is 24.2 Å². The molecule has 0 radical (unpaired) electrons. The Labute approximate surface area is 153 Å². The van der Waals surface area contributed by atoms with Gasteiger partial charge in [0, 0.05) is 37.2 Å². The van der Waals surface area contributed by atoms with E-state index in [1.54, 1.807) is 14.2 Å². The Morgan fingerprint density at radius 2 is 2.00 bits per heavy atom. The van der Waals surface area contributed by atoms with Crippen molar-refractivity contribution in [2.75, 3.05) is 20.8 Å². The zero-order valence-electron chi connectivity index (χ0n) is 15.2. The number of benzene rings is 1. The van der Waals surface area contributed by atoms with Crippen LogP contribution in [-0.4, -0.2) is 35.6 Å². The molecule has 2 heterocycles. The Bertz CT molecular complexity index is 909. The third kappa shape index (κ3) is 3.78. The van der Waals surface area contributed by atoms with Gasteiger partial charge >= 0.3 is 6.18 Å². The number of ether oxygens (including phenoxy) is 2. The molecule has 0 spiro atoms. The van der Waals surface area contributed by atoms with Crippen molar-refractivity contribution in [3.8, 4) is 11.5 Å². The number of fused-ring (bicyclic) bond motifs is 1. The molecule has 0 unspecified atom stereocenters. The molecule has 0 amide bonds. The van der Waals surface area contributed by atoms with Crippen LogP contribution in [0.25, 0.3) is 0 Å². The molecule has 0 saturated heterocycles. The lowest BCUT2D eigenvalue weighted by Gasteiger charge is -2.28. The Morgan fingerprint density at radius 1 is 1.26 bits per heavy atom. The third-order valence-electron chi connectivity index (χ3n) is 4.67. The number of nitrogens with one attached hydrogen (secondary N) is 1. The van der Waals surface area contributed by atoms with Crippen LogP contribution in [0.2, 0.25) is 0 Å². The summed E-state index contributed by atoms with van der Waals surface area (Å²) in [5.74, 6) is 0.159. The van der Waals surface area contributed by atoms with Gasteiger partial charge in [0.2, 0.25) is 5.82 Å². The predicted octanol–water partition coefficient (Wildman–Crippen LogP) is 2.67. The van der Waals surface area contributed by atoms with Crippen molar-refractivity contribution in [3.63, 3.8) is 0 Å². The van der Waals surface area contributed by atoms with E-state index in [0.29, 0.717) is 24.6 Å². The van der Waals surface area contributed by atoms with E-state index in [1.807, 2.05) is 28.9 Å². The fourth-order valence-electron chi connectivity index (χ4n) is 3.35. The number of hydrogen-bond donors (Lipinski definition) is 1. The largest absolute Gasteiger partial charge is 0.496 e. The second kappa shape index (κ2) is 7.22. The van der Waals surface area contributed by atoms with Gasteiger partial charge in [-0.1, -0.05) is 6.07 Å². The van der Waals surface area contributed by atoms with Crippen molar-refractivity contribution >= 4 is 0 Å². The summed E-state index contributed by atoms with van der Waals surface area (Å²) in [4.78, 5) is 19.6. The number of aromatic nitrogens is 2. The minimum absolute atomic E-state index is 0.209. The molecule has 0 aliphatic carbocycles. The summed E-state index contributed by atoms with van der Waals surface area (Å²) in [6, 6.07) is 3.73. The maximum absolute atomic E-state index is 12.8. The molecule has 0 saturated carbocycles.